The second-order valence-corrected chi connectivity index (χ2v) is 4.60. The highest BCUT2D eigenvalue weighted by atomic mass is 32.1. The van der Waals surface area contributed by atoms with Crippen molar-refractivity contribution in [2.24, 2.45) is 5.73 Å². The molecule has 17 heavy (non-hydrogen) atoms. The van der Waals surface area contributed by atoms with E-state index in [1.54, 1.807) is 6.20 Å². The van der Waals surface area contributed by atoms with Gasteiger partial charge in [0.25, 0.3) is 0 Å². The molecular formula is C11H16N4OS. The quantitative estimate of drug-likeness (QED) is 0.747. The molecule has 1 heterocycles. The van der Waals surface area contributed by atoms with Crippen molar-refractivity contribution >= 4 is 17.2 Å². The van der Waals surface area contributed by atoms with E-state index in [1.807, 2.05) is 0 Å². The summed E-state index contributed by atoms with van der Waals surface area (Å²) in [5.74, 6) is 0.509. The summed E-state index contributed by atoms with van der Waals surface area (Å²) in [7, 11) is 2.11. The molecule has 92 valence electrons. The molecule has 0 amide bonds. The largest absolute Gasteiger partial charge is 0.475 e. The summed E-state index contributed by atoms with van der Waals surface area (Å²) < 4.78 is 5.49. The van der Waals surface area contributed by atoms with E-state index in [-0.39, 0.29) is 4.99 Å². The van der Waals surface area contributed by atoms with E-state index in [2.05, 4.69) is 21.9 Å². The molecule has 0 aliphatic heterocycles. The highest BCUT2D eigenvalue weighted by Gasteiger charge is 2.25. The highest BCUT2D eigenvalue weighted by Crippen LogP contribution is 2.24. The summed E-state index contributed by atoms with van der Waals surface area (Å²) in [6, 6.07) is 0.752. The third-order valence-corrected chi connectivity index (χ3v) is 2.95. The predicted molar refractivity (Wildman–Crippen MR) is 69.1 cm³/mol. The smallest absolute Gasteiger partial charge is 0.232 e. The van der Waals surface area contributed by atoms with Crippen LogP contribution < -0.4 is 10.5 Å². The van der Waals surface area contributed by atoms with Gasteiger partial charge in [-0.2, -0.15) is 0 Å². The molecule has 1 aromatic rings. The summed E-state index contributed by atoms with van der Waals surface area (Å²) in [5, 5.41) is 0. The van der Waals surface area contributed by atoms with E-state index in [4.69, 9.17) is 22.7 Å². The van der Waals surface area contributed by atoms with Gasteiger partial charge in [-0.15, -0.1) is 0 Å². The zero-order valence-electron chi connectivity index (χ0n) is 9.80. The SMILES string of the molecule is CN(CCOc1cnc(C(N)=S)cn1)C1CC1. The Hall–Kier alpha value is -1.27. The van der Waals surface area contributed by atoms with Gasteiger partial charge in [-0.25, -0.2) is 9.97 Å². The van der Waals surface area contributed by atoms with Gasteiger partial charge < -0.3 is 15.4 Å². The van der Waals surface area contributed by atoms with Crippen molar-refractivity contribution < 1.29 is 4.74 Å². The van der Waals surface area contributed by atoms with Crippen molar-refractivity contribution in [3.63, 3.8) is 0 Å². The first-order valence-electron chi connectivity index (χ1n) is 5.61. The van der Waals surface area contributed by atoms with Crippen molar-refractivity contribution in [1.82, 2.24) is 14.9 Å². The van der Waals surface area contributed by atoms with Gasteiger partial charge in [0, 0.05) is 12.6 Å². The van der Waals surface area contributed by atoms with Crippen molar-refractivity contribution in [3.8, 4) is 5.88 Å². The predicted octanol–water partition coefficient (Wildman–Crippen LogP) is 0.584. The van der Waals surface area contributed by atoms with Crippen molar-refractivity contribution in [3.05, 3.63) is 18.1 Å². The molecule has 0 aromatic carbocycles. The summed E-state index contributed by atoms with van der Waals surface area (Å²) >= 11 is 4.79. The van der Waals surface area contributed by atoms with E-state index in [0.717, 1.165) is 12.6 Å². The Morgan fingerprint density at radius 3 is 2.82 bits per heavy atom. The van der Waals surface area contributed by atoms with Gasteiger partial charge >= 0.3 is 0 Å². The van der Waals surface area contributed by atoms with Crippen LogP contribution in [-0.2, 0) is 0 Å². The fourth-order valence-corrected chi connectivity index (χ4v) is 1.62. The Bertz CT molecular complexity index is 391. The molecule has 1 aliphatic carbocycles. The van der Waals surface area contributed by atoms with Gasteiger partial charge in [-0.05, 0) is 19.9 Å². The van der Waals surface area contributed by atoms with Crippen LogP contribution in [0.25, 0.3) is 0 Å². The maximum atomic E-state index is 5.49. The number of hydrogen-bond acceptors (Lipinski definition) is 5. The minimum Gasteiger partial charge on any atom is -0.475 e. The molecule has 0 radical (unpaired) electrons. The summed E-state index contributed by atoms with van der Waals surface area (Å²) in [6.07, 6.45) is 5.69. The molecule has 1 saturated carbocycles. The number of hydrogen-bond donors (Lipinski definition) is 1. The summed E-state index contributed by atoms with van der Waals surface area (Å²) in [6.45, 7) is 1.53. The van der Waals surface area contributed by atoms with E-state index in [0.29, 0.717) is 18.2 Å². The van der Waals surface area contributed by atoms with Crippen LogP contribution in [0.5, 0.6) is 5.88 Å². The van der Waals surface area contributed by atoms with Gasteiger partial charge in [0.2, 0.25) is 5.88 Å². The van der Waals surface area contributed by atoms with Crippen LogP contribution in [0.15, 0.2) is 12.4 Å². The van der Waals surface area contributed by atoms with E-state index in [9.17, 15) is 0 Å². The van der Waals surface area contributed by atoms with E-state index < -0.39 is 0 Å². The zero-order valence-corrected chi connectivity index (χ0v) is 10.6. The van der Waals surface area contributed by atoms with Crippen LogP contribution in [0.1, 0.15) is 18.5 Å². The minimum atomic E-state index is 0.248. The average Bonchev–Trinajstić information content (AvgIpc) is 3.13. The number of thiocarbonyl (C=S) groups is 1. The second kappa shape index (κ2) is 5.37. The third kappa shape index (κ3) is 3.61. The molecule has 6 heteroatoms. The van der Waals surface area contributed by atoms with E-state index in [1.165, 1.54) is 19.0 Å². The standard InChI is InChI=1S/C11H16N4OS/c1-15(8-2-3-8)4-5-16-10-7-13-9(6-14-10)11(12)17/h6-8H,2-5H2,1H3,(H2,12,17). The first-order chi connectivity index (χ1) is 8.16. The third-order valence-electron chi connectivity index (χ3n) is 2.74. The van der Waals surface area contributed by atoms with Gasteiger partial charge in [-0.1, -0.05) is 12.2 Å². The second-order valence-electron chi connectivity index (χ2n) is 4.16. The Labute approximate surface area is 106 Å². The Balaban J connectivity index is 1.76. The Morgan fingerprint density at radius 2 is 2.29 bits per heavy atom. The van der Waals surface area contributed by atoms with Crippen LogP contribution in [-0.4, -0.2) is 46.1 Å². The van der Waals surface area contributed by atoms with Gasteiger partial charge in [-0.3, -0.25) is 0 Å². The molecule has 1 aliphatic rings. The molecule has 0 saturated heterocycles. The maximum absolute atomic E-state index is 5.49. The molecule has 1 fully saturated rings. The minimum absolute atomic E-state index is 0.248. The topological polar surface area (TPSA) is 64.3 Å². The van der Waals surface area contributed by atoms with Crippen LogP contribution in [0.3, 0.4) is 0 Å². The first kappa shape index (κ1) is 12.2. The molecule has 0 bridgehead atoms. The number of ether oxygens (including phenoxy) is 1. The lowest BCUT2D eigenvalue weighted by Crippen LogP contribution is -2.26. The lowest BCUT2D eigenvalue weighted by atomic mass is 10.4. The average molecular weight is 252 g/mol. The maximum Gasteiger partial charge on any atom is 0.232 e. The van der Waals surface area contributed by atoms with Gasteiger partial charge in [0.15, 0.2) is 0 Å². The number of rotatable bonds is 6. The van der Waals surface area contributed by atoms with Gasteiger partial charge in [0.05, 0.1) is 12.4 Å². The first-order valence-corrected chi connectivity index (χ1v) is 6.02. The summed E-state index contributed by atoms with van der Waals surface area (Å²) in [4.78, 5) is 10.7. The number of aromatic nitrogens is 2. The van der Waals surface area contributed by atoms with Gasteiger partial charge in [0.1, 0.15) is 17.3 Å². The van der Waals surface area contributed by atoms with Crippen LogP contribution in [0, 0.1) is 0 Å². The molecule has 2 N–H and O–H groups in total. The van der Waals surface area contributed by atoms with E-state index >= 15 is 0 Å². The number of nitrogens with two attached hydrogens (primary N) is 1. The monoisotopic (exact) mass is 252 g/mol. The summed E-state index contributed by atoms with van der Waals surface area (Å²) in [5.41, 5.74) is 5.94. The Morgan fingerprint density at radius 1 is 1.53 bits per heavy atom. The molecule has 0 unspecified atom stereocenters. The lowest BCUT2D eigenvalue weighted by Gasteiger charge is -2.15. The molecule has 0 atom stereocenters. The van der Waals surface area contributed by atoms with Crippen LogP contribution >= 0.6 is 12.2 Å². The lowest BCUT2D eigenvalue weighted by molar-refractivity contribution is 0.226. The molecule has 5 nitrogen and oxygen atoms in total. The van der Waals surface area contributed by atoms with Crippen molar-refractivity contribution in [2.45, 2.75) is 18.9 Å². The molecular weight excluding hydrogens is 236 g/mol. The molecule has 0 spiro atoms. The normalized spacial score (nSPS) is 14.9. The fraction of sp³-hybridized carbons (Fsp3) is 0.545. The highest BCUT2D eigenvalue weighted by molar-refractivity contribution is 7.80. The zero-order chi connectivity index (χ0) is 12.3. The number of nitrogens with zero attached hydrogens (tertiary/aromatic N) is 3. The van der Waals surface area contributed by atoms with Crippen molar-refractivity contribution in [2.75, 3.05) is 20.2 Å². The fourth-order valence-electron chi connectivity index (χ4n) is 1.51. The number of likely N-dealkylation sites (N-methyl/N-ethyl adjacent to an activating group) is 1. The van der Waals surface area contributed by atoms with Crippen LogP contribution in [0.2, 0.25) is 0 Å². The molecule has 1 aromatic heterocycles. The molecule has 2 rings (SSSR count). The van der Waals surface area contributed by atoms with Crippen molar-refractivity contribution in [1.29, 1.82) is 0 Å². The Kier molecular flexibility index (Phi) is 3.86. The van der Waals surface area contributed by atoms with Crippen LogP contribution in [0.4, 0.5) is 0 Å².